The molecule has 0 saturated heterocycles. The molecule has 0 saturated carbocycles. The van der Waals surface area contributed by atoms with Crippen LogP contribution in [0.4, 0.5) is 0 Å². The van der Waals surface area contributed by atoms with Crippen LogP contribution in [0.25, 0.3) is 5.32 Å². The predicted octanol–water partition coefficient (Wildman–Crippen LogP) is 6.77. The number of hydrogen-bond donors (Lipinski definition) is 0. The molecule has 0 aliphatic heterocycles. The van der Waals surface area contributed by atoms with E-state index >= 15 is 0 Å². The molecule has 0 aromatic heterocycles. The van der Waals surface area contributed by atoms with Gasteiger partial charge in [0.25, 0.3) is 0 Å². The third-order valence-electron chi connectivity index (χ3n) is 3.78. The maximum absolute atomic E-state index is 7.32. The summed E-state index contributed by atoms with van der Waals surface area (Å²) in [6.07, 6.45) is 2.05. The fourth-order valence-electron chi connectivity index (χ4n) is 2.60. The van der Waals surface area contributed by atoms with E-state index in [0.29, 0.717) is 0 Å². The Morgan fingerprint density at radius 1 is 0.963 bits per heavy atom. The van der Waals surface area contributed by atoms with Crippen LogP contribution in [0, 0.1) is 11.3 Å². The Bertz CT molecular complexity index is 746. The number of rotatable bonds is 6. The average molecular weight is 410 g/mol. The predicted molar refractivity (Wildman–Crippen MR) is 111 cm³/mol. The first-order valence-electron chi connectivity index (χ1n) is 8.82. The second-order valence-corrected chi connectivity index (χ2v) is 6.08. The molecular weight excluding hydrogens is 382 g/mol. The molecule has 3 nitrogen and oxygen atoms in total. The number of hydrogen-bond acceptors (Lipinski definition) is 2. The summed E-state index contributed by atoms with van der Waals surface area (Å²) in [6.45, 7) is 9.73. The fourth-order valence-corrected chi connectivity index (χ4v) is 2.60. The van der Waals surface area contributed by atoms with E-state index in [1.54, 1.807) is 6.07 Å². The van der Waals surface area contributed by atoms with Crippen molar-refractivity contribution in [1.82, 2.24) is 0 Å². The Morgan fingerprint density at radius 3 is 1.89 bits per heavy atom. The zero-order valence-electron chi connectivity index (χ0n) is 16.6. The van der Waals surface area contributed by atoms with Gasteiger partial charge in [-0.3, -0.25) is 4.99 Å². The fraction of sp³-hybridized carbons (Fsp3) is 0.304. The van der Waals surface area contributed by atoms with Gasteiger partial charge >= 0.3 is 17.1 Å². The normalized spacial score (nSPS) is 13.2. The summed E-state index contributed by atoms with van der Waals surface area (Å²) in [5.41, 5.74) is 4.46. The van der Waals surface area contributed by atoms with Crippen LogP contribution in [-0.2, 0) is 17.1 Å². The van der Waals surface area contributed by atoms with Crippen LogP contribution >= 0.6 is 0 Å². The quantitative estimate of drug-likeness (QED) is 0.383. The Kier molecular flexibility index (Phi) is 12.6. The Morgan fingerprint density at radius 2 is 1.41 bits per heavy atom. The van der Waals surface area contributed by atoms with Gasteiger partial charge in [0.1, 0.15) is 0 Å². The molecule has 2 aromatic rings. The minimum Gasteiger partial charge on any atom is -0.682 e. The first-order chi connectivity index (χ1) is 12.5. The van der Waals surface area contributed by atoms with E-state index < -0.39 is 0 Å². The first kappa shape index (κ1) is 24.7. The monoisotopic (exact) mass is 409 g/mol. The van der Waals surface area contributed by atoms with Crippen molar-refractivity contribution in [3.05, 3.63) is 88.9 Å². The third kappa shape index (κ3) is 9.80. The van der Waals surface area contributed by atoms with Gasteiger partial charge in [-0.15, -0.1) is 0 Å². The minimum absolute atomic E-state index is 0. The molecule has 0 aliphatic rings. The van der Waals surface area contributed by atoms with Gasteiger partial charge in [0, 0.05) is 12.6 Å². The van der Waals surface area contributed by atoms with Crippen molar-refractivity contribution in [1.29, 1.82) is 5.26 Å². The number of allylic oxidation sites excluding steroid dienone is 2. The molecule has 0 radical (unpaired) electrons. The molecule has 146 valence electrons. The summed E-state index contributed by atoms with van der Waals surface area (Å²) in [6, 6.07) is 22.8. The van der Waals surface area contributed by atoms with E-state index in [4.69, 9.17) is 15.6 Å². The van der Waals surface area contributed by atoms with E-state index in [9.17, 15) is 0 Å². The summed E-state index contributed by atoms with van der Waals surface area (Å²) in [7, 11) is 0. The molecule has 0 aliphatic carbocycles. The zero-order valence-corrected chi connectivity index (χ0v) is 17.6. The van der Waals surface area contributed by atoms with Crippen molar-refractivity contribution in [2.24, 2.45) is 4.99 Å². The van der Waals surface area contributed by atoms with Crippen molar-refractivity contribution in [3.63, 3.8) is 0 Å². The van der Waals surface area contributed by atoms with Crippen molar-refractivity contribution < 1.29 is 17.1 Å². The molecule has 0 unspecified atom stereocenters. The van der Waals surface area contributed by atoms with Crippen LogP contribution in [0.15, 0.2) is 77.4 Å². The van der Waals surface area contributed by atoms with E-state index in [1.807, 2.05) is 26.0 Å². The summed E-state index contributed by atoms with van der Waals surface area (Å²) in [5, 5.41) is 12.1. The smallest absolute Gasteiger partial charge is 0.682 e. The minimum atomic E-state index is 0. The molecule has 4 heteroatoms. The maximum Gasteiger partial charge on any atom is 1.00 e. The standard InChI is InChI=1S/C21H25N2.C2H3N.Cu/c1-16(22-18(3)20-11-7-5-8-12-20)15-17(2)23-19(4)21-13-9-6-10-14-21;1-2-3;/h5-15,18-19H,1-4H3;1H3;/q-1;;+1/b16-15-,23-17?;;/t18-,19-;;/m0../s1. The first-order valence-corrected chi connectivity index (χ1v) is 8.82. The summed E-state index contributed by atoms with van der Waals surface area (Å²) in [5.74, 6) is 0. The Hall–Kier alpha value is -2.34. The van der Waals surface area contributed by atoms with Crippen molar-refractivity contribution in [3.8, 4) is 6.07 Å². The van der Waals surface area contributed by atoms with Crippen LogP contribution in [-0.4, -0.2) is 5.71 Å². The molecule has 0 amide bonds. The number of nitriles is 1. The van der Waals surface area contributed by atoms with E-state index in [-0.39, 0.29) is 29.2 Å². The SMILES string of the molecule is CC#N.CC(/C=C(/C)[N-][C@@H](C)c1ccccc1)=N[C@@H](C)c1ccccc1.[Cu+]. The molecule has 0 N–H and O–H groups in total. The van der Waals surface area contributed by atoms with Crippen molar-refractivity contribution >= 4 is 5.71 Å². The van der Waals surface area contributed by atoms with Gasteiger partial charge in [-0.25, -0.2) is 0 Å². The molecule has 2 rings (SSSR count). The second-order valence-electron chi connectivity index (χ2n) is 6.08. The number of nitrogens with zero attached hydrogens (tertiary/aromatic N) is 3. The van der Waals surface area contributed by atoms with E-state index in [0.717, 1.165) is 11.4 Å². The molecule has 0 fully saturated rings. The van der Waals surface area contributed by atoms with Gasteiger partial charge in [-0.2, -0.15) is 11.0 Å². The van der Waals surface area contributed by atoms with Crippen LogP contribution in [0.3, 0.4) is 0 Å². The Labute approximate surface area is 174 Å². The maximum atomic E-state index is 7.32. The van der Waals surface area contributed by atoms with Crippen LogP contribution in [0.5, 0.6) is 0 Å². The number of aliphatic imine (C=N–C) groups is 1. The van der Waals surface area contributed by atoms with Crippen LogP contribution in [0.2, 0.25) is 0 Å². The topological polar surface area (TPSA) is 50.2 Å². The largest absolute Gasteiger partial charge is 1.00 e. The summed E-state index contributed by atoms with van der Waals surface area (Å²) >= 11 is 0. The van der Waals surface area contributed by atoms with Gasteiger partial charge < -0.3 is 5.32 Å². The van der Waals surface area contributed by atoms with Gasteiger partial charge in [0.2, 0.25) is 0 Å². The molecule has 0 bridgehead atoms. The molecule has 0 heterocycles. The third-order valence-corrected chi connectivity index (χ3v) is 3.78. The summed E-state index contributed by atoms with van der Waals surface area (Å²) in [4.78, 5) is 4.75. The van der Waals surface area contributed by atoms with Crippen LogP contribution < -0.4 is 0 Å². The van der Waals surface area contributed by atoms with Gasteiger partial charge in [-0.05, 0) is 19.4 Å². The van der Waals surface area contributed by atoms with Crippen molar-refractivity contribution in [2.75, 3.05) is 0 Å². The molecule has 27 heavy (non-hydrogen) atoms. The zero-order chi connectivity index (χ0) is 19.4. The molecular formula is C23H28CuN3. The molecule has 0 spiro atoms. The summed E-state index contributed by atoms with van der Waals surface area (Å²) < 4.78 is 0. The molecule has 2 atom stereocenters. The second kappa shape index (κ2) is 13.8. The van der Waals surface area contributed by atoms with Gasteiger partial charge in [0.15, 0.2) is 0 Å². The van der Waals surface area contributed by atoms with Crippen LogP contribution in [0.1, 0.15) is 57.8 Å². The van der Waals surface area contributed by atoms with Gasteiger partial charge in [-0.1, -0.05) is 92.2 Å². The Balaban J connectivity index is 0.00000158. The van der Waals surface area contributed by atoms with Crippen molar-refractivity contribution in [2.45, 2.75) is 46.7 Å². The molecule has 2 aromatic carbocycles. The number of benzene rings is 2. The van der Waals surface area contributed by atoms with Gasteiger partial charge in [0.05, 0.1) is 12.1 Å². The van der Waals surface area contributed by atoms with E-state index in [2.05, 4.69) is 68.5 Å². The van der Waals surface area contributed by atoms with E-state index in [1.165, 1.54) is 18.1 Å². The average Bonchev–Trinajstić information content (AvgIpc) is 2.63.